The third-order valence-corrected chi connectivity index (χ3v) is 6.42. The summed E-state index contributed by atoms with van der Waals surface area (Å²) >= 11 is 0. The van der Waals surface area contributed by atoms with Crippen LogP contribution in [-0.2, 0) is 28.1 Å². The minimum Gasteiger partial charge on any atom is -0.336 e. The molecule has 0 radical (unpaired) electrons. The van der Waals surface area contributed by atoms with E-state index in [4.69, 9.17) is 0 Å². The third kappa shape index (κ3) is 5.24. The predicted octanol–water partition coefficient (Wildman–Crippen LogP) is 4.25. The van der Waals surface area contributed by atoms with E-state index in [0.29, 0.717) is 25.1 Å². The van der Waals surface area contributed by atoms with Crippen LogP contribution in [0, 0.1) is 5.82 Å². The van der Waals surface area contributed by atoms with Crippen molar-refractivity contribution in [3.63, 3.8) is 0 Å². The summed E-state index contributed by atoms with van der Waals surface area (Å²) in [6.45, 7) is 2.22. The number of hydrogen-bond acceptors (Lipinski definition) is 3. The molecule has 0 unspecified atom stereocenters. The number of nitrogens with one attached hydrogen (secondary N) is 1. The summed E-state index contributed by atoms with van der Waals surface area (Å²) in [5.41, 5.74) is 1.22. The molecule has 7 heteroatoms. The zero-order valence-corrected chi connectivity index (χ0v) is 19.6. The van der Waals surface area contributed by atoms with E-state index in [1.807, 2.05) is 60.7 Å². The Morgan fingerprint density at radius 2 is 1.51 bits per heavy atom. The maximum Gasteiger partial charge on any atom is 0.325 e. The van der Waals surface area contributed by atoms with Gasteiger partial charge in [0.05, 0.1) is 0 Å². The number of rotatable bonds is 9. The van der Waals surface area contributed by atoms with E-state index in [9.17, 15) is 18.8 Å². The minimum absolute atomic E-state index is 0.273. The van der Waals surface area contributed by atoms with Crippen LogP contribution in [0.15, 0.2) is 84.9 Å². The van der Waals surface area contributed by atoms with Crippen LogP contribution >= 0.6 is 0 Å². The van der Waals surface area contributed by atoms with E-state index in [1.54, 1.807) is 11.8 Å². The first-order chi connectivity index (χ1) is 16.9. The number of halogens is 1. The van der Waals surface area contributed by atoms with Gasteiger partial charge in [-0.2, -0.15) is 0 Å². The molecule has 4 rings (SSSR count). The second-order valence-corrected chi connectivity index (χ2v) is 8.62. The molecular formula is C28H28FN3O3. The molecule has 0 saturated carbocycles. The average Bonchev–Trinajstić information content (AvgIpc) is 3.13. The van der Waals surface area contributed by atoms with Gasteiger partial charge in [-0.05, 0) is 41.7 Å². The van der Waals surface area contributed by atoms with Crippen molar-refractivity contribution in [2.45, 2.75) is 31.8 Å². The monoisotopic (exact) mass is 473 g/mol. The summed E-state index contributed by atoms with van der Waals surface area (Å²) in [5, 5.41) is 2.75. The summed E-state index contributed by atoms with van der Waals surface area (Å²) < 4.78 is 13.5. The lowest BCUT2D eigenvalue weighted by Crippen LogP contribution is -2.45. The number of hydrogen-bond donors (Lipinski definition) is 1. The van der Waals surface area contributed by atoms with Crippen molar-refractivity contribution in [3.05, 3.63) is 107 Å². The van der Waals surface area contributed by atoms with Gasteiger partial charge in [0.2, 0.25) is 5.91 Å². The van der Waals surface area contributed by atoms with E-state index in [-0.39, 0.29) is 18.9 Å². The Balaban J connectivity index is 1.53. The Kier molecular flexibility index (Phi) is 7.25. The fourth-order valence-electron chi connectivity index (χ4n) is 4.38. The SMILES string of the molecule is CC[C@]1(c2ccc(F)cc2)NC(=O)N(CC(=O)N(CCc2ccccc2)Cc2ccccc2)C1=O. The molecule has 180 valence electrons. The first-order valence-corrected chi connectivity index (χ1v) is 11.7. The smallest absolute Gasteiger partial charge is 0.325 e. The molecule has 35 heavy (non-hydrogen) atoms. The Bertz CT molecular complexity index is 1190. The summed E-state index contributed by atoms with van der Waals surface area (Å²) in [6, 6.07) is 24.3. The molecule has 1 N–H and O–H groups in total. The summed E-state index contributed by atoms with van der Waals surface area (Å²) in [5.74, 6) is -1.26. The van der Waals surface area contributed by atoms with Crippen molar-refractivity contribution in [3.8, 4) is 0 Å². The van der Waals surface area contributed by atoms with Gasteiger partial charge < -0.3 is 10.2 Å². The predicted molar refractivity (Wildman–Crippen MR) is 131 cm³/mol. The lowest BCUT2D eigenvalue weighted by atomic mass is 9.87. The van der Waals surface area contributed by atoms with Gasteiger partial charge in [0.1, 0.15) is 17.9 Å². The highest BCUT2D eigenvalue weighted by Gasteiger charge is 2.51. The number of imide groups is 1. The first kappa shape index (κ1) is 24.1. The fraction of sp³-hybridized carbons (Fsp3) is 0.250. The van der Waals surface area contributed by atoms with Gasteiger partial charge in [0, 0.05) is 13.1 Å². The van der Waals surface area contributed by atoms with Gasteiger partial charge >= 0.3 is 6.03 Å². The van der Waals surface area contributed by atoms with Crippen LogP contribution < -0.4 is 5.32 Å². The quantitative estimate of drug-likeness (QED) is 0.473. The highest BCUT2D eigenvalue weighted by atomic mass is 19.1. The van der Waals surface area contributed by atoms with E-state index in [2.05, 4.69) is 5.32 Å². The van der Waals surface area contributed by atoms with Crippen molar-refractivity contribution >= 4 is 17.8 Å². The van der Waals surface area contributed by atoms with Crippen LogP contribution in [-0.4, -0.2) is 40.7 Å². The van der Waals surface area contributed by atoms with Crippen LogP contribution in [0.2, 0.25) is 0 Å². The molecule has 6 nitrogen and oxygen atoms in total. The topological polar surface area (TPSA) is 69.7 Å². The highest BCUT2D eigenvalue weighted by molar-refractivity contribution is 6.09. The lowest BCUT2D eigenvalue weighted by Gasteiger charge is -2.27. The number of nitrogens with zero attached hydrogens (tertiary/aromatic N) is 2. The molecule has 0 bridgehead atoms. The van der Waals surface area contributed by atoms with Crippen LogP contribution in [0.4, 0.5) is 9.18 Å². The van der Waals surface area contributed by atoms with Crippen LogP contribution in [0.1, 0.15) is 30.0 Å². The molecule has 1 atom stereocenters. The van der Waals surface area contributed by atoms with E-state index in [0.717, 1.165) is 16.0 Å². The van der Waals surface area contributed by atoms with Crippen LogP contribution in [0.25, 0.3) is 0 Å². The van der Waals surface area contributed by atoms with Crippen LogP contribution in [0.3, 0.4) is 0 Å². The molecule has 1 fully saturated rings. The zero-order chi connectivity index (χ0) is 24.8. The summed E-state index contributed by atoms with van der Waals surface area (Å²) in [7, 11) is 0. The molecule has 1 aliphatic heterocycles. The largest absolute Gasteiger partial charge is 0.336 e. The second kappa shape index (κ2) is 10.5. The molecule has 1 saturated heterocycles. The molecule has 1 aliphatic rings. The second-order valence-electron chi connectivity index (χ2n) is 8.62. The van der Waals surface area contributed by atoms with Gasteiger partial charge in [0.15, 0.2) is 0 Å². The molecular weight excluding hydrogens is 445 g/mol. The van der Waals surface area contributed by atoms with Crippen molar-refractivity contribution in [2.75, 3.05) is 13.1 Å². The lowest BCUT2D eigenvalue weighted by molar-refractivity contribution is -0.139. The molecule has 0 aromatic heterocycles. The van der Waals surface area contributed by atoms with E-state index < -0.39 is 23.3 Å². The van der Waals surface area contributed by atoms with Crippen molar-refractivity contribution in [1.82, 2.24) is 15.1 Å². The maximum absolute atomic E-state index is 13.5. The number of carbonyl (C=O) groups excluding carboxylic acids is 3. The zero-order valence-electron chi connectivity index (χ0n) is 19.6. The summed E-state index contributed by atoms with van der Waals surface area (Å²) in [4.78, 5) is 42.3. The Morgan fingerprint density at radius 1 is 0.914 bits per heavy atom. The van der Waals surface area contributed by atoms with Gasteiger partial charge in [-0.3, -0.25) is 14.5 Å². The molecule has 1 heterocycles. The van der Waals surface area contributed by atoms with Gasteiger partial charge in [-0.15, -0.1) is 0 Å². The van der Waals surface area contributed by atoms with Crippen molar-refractivity contribution in [1.29, 1.82) is 0 Å². The minimum atomic E-state index is -1.32. The van der Waals surface area contributed by atoms with E-state index in [1.165, 1.54) is 24.3 Å². The number of amides is 4. The Hall–Kier alpha value is -4.00. The highest BCUT2D eigenvalue weighted by Crippen LogP contribution is 2.32. The average molecular weight is 474 g/mol. The van der Waals surface area contributed by atoms with Gasteiger partial charge in [-0.25, -0.2) is 9.18 Å². The molecule has 3 aromatic rings. The van der Waals surface area contributed by atoms with Gasteiger partial charge in [-0.1, -0.05) is 79.7 Å². The molecule has 3 aromatic carbocycles. The Morgan fingerprint density at radius 3 is 2.11 bits per heavy atom. The number of benzene rings is 3. The summed E-state index contributed by atoms with van der Waals surface area (Å²) in [6.07, 6.45) is 0.920. The molecule has 0 spiro atoms. The normalized spacial score (nSPS) is 17.4. The van der Waals surface area contributed by atoms with E-state index >= 15 is 0 Å². The maximum atomic E-state index is 13.5. The number of urea groups is 1. The third-order valence-electron chi connectivity index (χ3n) is 6.42. The standard InChI is InChI=1S/C28H28FN3O3/c1-2-28(23-13-15-24(29)16-14-23)26(34)32(27(35)30-28)20-25(33)31(19-22-11-7-4-8-12-22)18-17-21-9-5-3-6-10-21/h3-16H,2,17-20H2,1H3,(H,30,35)/t28-/m1/s1. The van der Waals surface area contributed by atoms with Crippen molar-refractivity contribution < 1.29 is 18.8 Å². The Labute approximate surface area is 204 Å². The number of carbonyl (C=O) groups is 3. The molecule has 4 amide bonds. The molecule has 0 aliphatic carbocycles. The van der Waals surface area contributed by atoms with Crippen molar-refractivity contribution in [2.24, 2.45) is 0 Å². The fourth-order valence-corrected chi connectivity index (χ4v) is 4.38. The van der Waals surface area contributed by atoms with Gasteiger partial charge in [0.25, 0.3) is 5.91 Å². The first-order valence-electron chi connectivity index (χ1n) is 11.7. The van der Waals surface area contributed by atoms with Crippen LogP contribution in [0.5, 0.6) is 0 Å².